The Balaban J connectivity index is 1.33. The van der Waals surface area contributed by atoms with Crippen LogP contribution in [0.25, 0.3) is 0 Å². The number of likely N-dealkylation sites (tertiary alicyclic amines) is 1. The molecule has 2 aromatic rings. The third-order valence-corrected chi connectivity index (χ3v) is 5.62. The van der Waals surface area contributed by atoms with Crippen LogP contribution in [0.1, 0.15) is 34.3 Å². The molecule has 0 aromatic heterocycles. The number of hydrogen-bond donors (Lipinski definition) is 1. The molecule has 2 saturated heterocycles. The molecule has 1 N–H and O–H groups in total. The second-order valence-corrected chi connectivity index (χ2v) is 7.53. The van der Waals surface area contributed by atoms with E-state index in [4.69, 9.17) is 4.74 Å². The lowest BCUT2D eigenvalue weighted by molar-refractivity contribution is -0.184. The van der Waals surface area contributed by atoms with Gasteiger partial charge in [0.15, 0.2) is 0 Å². The maximum atomic E-state index is 12.7. The number of ether oxygens (including phenoxy) is 1. The first-order chi connectivity index (χ1) is 12.6. The van der Waals surface area contributed by atoms with Gasteiger partial charge < -0.3 is 14.7 Å². The summed E-state index contributed by atoms with van der Waals surface area (Å²) < 4.78 is 5.09. The summed E-state index contributed by atoms with van der Waals surface area (Å²) in [7, 11) is 0. The van der Waals surface area contributed by atoms with Crippen molar-refractivity contribution in [2.45, 2.75) is 24.9 Å². The predicted molar refractivity (Wildman–Crippen MR) is 99.9 cm³/mol. The van der Waals surface area contributed by atoms with E-state index in [9.17, 15) is 9.90 Å². The molecule has 0 saturated carbocycles. The Morgan fingerprint density at radius 1 is 1.04 bits per heavy atom. The fraction of sp³-hybridized carbons (Fsp3) is 0.409. The van der Waals surface area contributed by atoms with E-state index in [0.717, 1.165) is 37.9 Å². The first kappa shape index (κ1) is 17.3. The standard InChI is InChI=1S/C22H25NO3/c24-21(19-6-8-20(9-7-19)22(25)15-26-16-22)23-12-10-18(11-13-23)14-17-4-2-1-3-5-17/h1-9,18,25H,10-16H2. The van der Waals surface area contributed by atoms with E-state index in [2.05, 4.69) is 24.3 Å². The summed E-state index contributed by atoms with van der Waals surface area (Å²) in [6, 6.07) is 17.9. The van der Waals surface area contributed by atoms with Gasteiger partial charge in [0.1, 0.15) is 5.60 Å². The Bertz CT molecular complexity index is 745. The Kier molecular flexibility index (Phi) is 4.79. The average molecular weight is 351 g/mol. The molecule has 2 aliphatic heterocycles. The van der Waals surface area contributed by atoms with Crippen LogP contribution in [0.5, 0.6) is 0 Å². The van der Waals surface area contributed by atoms with E-state index in [0.29, 0.717) is 24.7 Å². The van der Waals surface area contributed by atoms with E-state index < -0.39 is 5.60 Å². The van der Waals surface area contributed by atoms with E-state index >= 15 is 0 Å². The highest BCUT2D eigenvalue weighted by molar-refractivity contribution is 5.94. The van der Waals surface area contributed by atoms with E-state index in [1.54, 1.807) is 0 Å². The lowest BCUT2D eigenvalue weighted by Crippen LogP contribution is -2.46. The Morgan fingerprint density at radius 2 is 1.69 bits per heavy atom. The molecule has 0 bridgehead atoms. The molecule has 26 heavy (non-hydrogen) atoms. The lowest BCUT2D eigenvalue weighted by Gasteiger charge is -2.37. The number of piperidine rings is 1. The molecular formula is C22H25NO3. The van der Waals surface area contributed by atoms with Gasteiger partial charge in [-0.15, -0.1) is 0 Å². The molecule has 4 nitrogen and oxygen atoms in total. The summed E-state index contributed by atoms with van der Waals surface area (Å²) >= 11 is 0. The van der Waals surface area contributed by atoms with Crippen molar-refractivity contribution in [2.75, 3.05) is 26.3 Å². The fourth-order valence-corrected chi connectivity index (χ4v) is 3.86. The van der Waals surface area contributed by atoms with Crippen molar-refractivity contribution in [1.29, 1.82) is 0 Å². The highest BCUT2D eigenvalue weighted by atomic mass is 16.5. The van der Waals surface area contributed by atoms with Gasteiger partial charge in [-0.25, -0.2) is 0 Å². The minimum absolute atomic E-state index is 0.0894. The quantitative estimate of drug-likeness (QED) is 0.921. The predicted octanol–water partition coefficient (Wildman–Crippen LogP) is 3.00. The van der Waals surface area contributed by atoms with E-state index in [1.807, 2.05) is 35.2 Å². The number of hydrogen-bond acceptors (Lipinski definition) is 3. The monoisotopic (exact) mass is 351 g/mol. The van der Waals surface area contributed by atoms with Crippen molar-refractivity contribution in [3.63, 3.8) is 0 Å². The van der Waals surface area contributed by atoms with Gasteiger partial charge in [0.2, 0.25) is 0 Å². The Labute approximate surface area is 154 Å². The van der Waals surface area contributed by atoms with Gasteiger partial charge in [-0.2, -0.15) is 0 Å². The summed E-state index contributed by atoms with van der Waals surface area (Å²) in [5.41, 5.74) is 2.02. The number of amides is 1. The van der Waals surface area contributed by atoms with Crippen molar-refractivity contribution >= 4 is 5.91 Å². The zero-order chi connectivity index (χ0) is 18.0. The Morgan fingerprint density at radius 3 is 2.27 bits per heavy atom. The molecule has 2 heterocycles. The van der Waals surface area contributed by atoms with Gasteiger partial charge in [0.25, 0.3) is 5.91 Å². The number of nitrogens with zero attached hydrogens (tertiary/aromatic N) is 1. The van der Waals surface area contributed by atoms with Gasteiger partial charge in [0.05, 0.1) is 13.2 Å². The van der Waals surface area contributed by atoms with Gasteiger partial charge >= 0.3 is 0 Å². The summed E-state index contributed by atoms with van der Waals surface area (Å²) in [6.07, 6.45) is 3.20. The number of aliphatic hydroxyl groups is 1. The molecule has 2 fully saturated rings. The molecule has 0 aliphatic carbocycles. The van der Waals surface area contributed by atoms with Crippen molar-refractivity contribution in [1.82, 2.24) is 4.90 Å². The van der Waals surface area contributed by atoms with Crippen molar-refractivity contribution in [3.8, 4) is 0 Å². The molecule has 0 atom stereocenters. The van der Waals surface area contributed by atoms with Crippen LogP contribution in [-0.4, -0.2) is 42.2 Å². The molecular weight excluding hydrogens is 326 g/mol. The second kappa shape index (κ2) is 7.22. The van der Waals surface area contributed by atoms with Crippen LogP contribution >= 0.6 is 0 Å². The summed E-state index contributed by atoms with van der Waals surface area (Å²) in [4.78, 5) is 14.7. The van der Waals surface area contributed by atoms with Gasteiger partial charge in [-0.3, -0.25) is 4.79 Å². The van der Waals surface area contributed by atoms with Crippen LogP contribution in [-0.2, 0) is 16.8 Å². The van der Waals surface area contributed by atoms with E-state index in [1.165, 1.54) is 5.56 Å². The molecule has 4 rings (SSSR count). The molecule has 4 heteroatoms. The van der Waals surface area contributed by atoms with Gasteiger partial charge in [-0.1, -0.05) is 42.5 Å². The van der Waals surface area contributed by atoms with Gasteiger partial charge in [0, 0.05) is 18.7 Å². The molecule has 2 aromatic carbocycles. The third kappa shape index (κ3) is 3.53. The highest BCUT2D eigenvalue weighted by Gasteiger charge is 2.38. The van der Waals surface area contributed by atoms with Crippen LogP contribution < -0.4 is 0 Å². The average Bonchev–Trinajstić information content (AvgIpc) is 2.67. The van der Waals surface area contributed by atoms with Crippen molar-refractivity contribution in [2.24, 2.45) is 5.92 Å². The highest BCUT2D eigenvalue weighted by Crippen LogP contribution is 2.29. The SMILES string of the molecule is O=C(c1ccc(C2(O)COC2)cc1)N1CCC(Cc2ccccc2)CC1. The first-order valence-corrected chi connectivity index (χ1v) is 9.38. The van der Waals surface area contributed by atoms with Crippen LogP contribution in [0.3, 0.4) is 0 Å². The minimum Gasteiger partial charge on any atom is -0.380 e. The van der Waals surface area contributed by atoms with Crippen molar-refractivity contribution in [3.05, 3.63) is 71.3 Å². The normalized spacial score (nSPS) is 19.8. The third-order valence-electron chi connectivity index (χ3n) is 5.62. The van der Waals surface area contributed by atoms with Crippen LogP contribution in [0, 0.1) is 5.92 Å². The van der Waals surface area contributed by atoms with Crippen LogP contribution in [0.4, 0.5) is 0 Å². The summed E-state index contributed by atoms with van der Waals surface area (Å²) in [6.45, 7) is 2.29. The largest absolute Gasteiger partial charge is 0.380 e. The minimum atomic E-state index is -0.878. The number of carbonyl (C=O) groups is 1. The smallest absolute Gasteiger partial charge is 0.253 e. The second-order valence-electron chi connectivity index (χ2n) is 7.53. The molecule has 0 spiro atoms. The molecule has 136 valence electrons. The summed E-state index contributed by atoms with van der Waals surface area (Å²) in [5.74, 6) is 0.739. The number of carbonyl (C=O) groups excluding carboxylic acids is 1. The van der Waals surface area contributed by atoms with Gasteiger partial charge in [-0.05, 0) is 48.4 Å². The van der Waals surface area contributed by atoms with Crippen LogP contribution in [0.15, 0.2) is 54.6 Å². The zero-order valence-corrected chi connectivity index (χ0v) is 14.9. The van der Waals surface area contributed by atoms with Crippen molar-refractivity contribution < 1.29 is 14.6 Å². The van der Waals surface area contributed by atoms with E-state index in [-0.39, 0.29) is 5.91 Å². The molecule has 0 radical (unpaired) electrons. The topological polar surface area (TPSA) is 49.8 Å². The molecule has 2 aliphatic rings. The maximum Gasteiger partial charge on any atom is 0.253 e. The Hall–Kier alpha value is -2.17. The summed E-state index contributed by atoms with van der Waals surface area (Å²) in [5, 5.41) is 10.3. The zero-order valence-electron chi connectivity index (χ0n) is 14.9. The molecule has 1 amide bonds. The molecule has 0 unspecified atom stereocenters. The first-order valence-electron chi connectivity index (χ1n) is 9.38. The number of benzene rings is 2. The fourth-order valence-electron chi connectivity index (χ4n) is 3.86. The lowest BCUT2D eigenvalue weighted by atomic mass is 9.89. The van der Waals surface area contributed by atoms with Crippen LogP contribution in [0.2, 0.25) is 0 Å². The number of rotatable bonds is 4. The maximum absolute atomic E-state index is 12.7.